The van der Waals surface area contributed by atoms with Crippen LogP contribution in [-0.4, -0.2) is 41.1 Å². The molecule has 0 aliphatic rings. The van der Waals surface area contributed by atoms with Crippen molar-refractivity contribution in [2.24, 2.45) is 5.73 Å². The maximum absolute atomic E-state index is 12.3. The van der Waals surface area contributed by atoms with Gasteiger partial charge < -0.3 is 15.4 Å². The van der Waals surface area contributed by atoms with Crippen molar-refractivity contribution < 1.29 is 14.3 Å². The van der Waals surface area contributed by atoms with E-state index in [2.05, 4.69) is 5.32 Å². The summed E-state index contributed by atoms with van der Waals surface area (Å²) in [5, 5.41) is 3.15. The number of benzene rings is 1. The molecule has 1 unspecified atom stereocenters. The zero-order valence-corrected chi connectivity index (χ0v) is 15.4. The second kappa shape index (κ2) is 7.66. The van der Waals surface area contributed by atoms with Gasteiger partial charge in [-0.05, 0) is 40.2 Å². The molecular weight excluding hydrogens is 306 g/mol. The molecule has 0 bridgehead atoms. The number of rotatable bonds is 6. The smallest absolute Gasteiger partial charge is 0.410 e. The topological polar surface area (TPSA) is 84.7 Å². The van der Waals surface area contributed by atoms with E-state index in [1.807, 2.05) is 30.3 Å². The van der Waals surface area contributed by atoms with Crippen LogP contribution in [0.4, 0.5) is 4.79 Å². The average molecular weight is 335 g/mol. The highest BCUT2D eigenvalue weighted by Crippen LogP contribution is 2.21. The van der Waals surface area contributed by atoms with E-state index in [-0.39, 0.29) is 0 Å². The highest BCUT2D eigenvalue weighted by Gasteiger charge is 2.40. The van der Waals surface area contributed by atoms with Crippen LogP contribution < -0.4 is 11.1 Å². The van der Waals surface area contributed by atoms with Gasteiger partial charge in [-0.25, -0.2) is 4.79 Å². The number of nitrogens with zero attached hydrogens (tertiary/aromatic N) is 1. The summed E-state index contributed by atoms with van der Waals surface area (Å²) in [5.41, 5.74) is 5.13. The maximum Gasteiger partial charge on any atom is 0.410 e. The number of ether oxygens (including phenoxy) is 1. The third kappa shape index (κ3) is 5.53. The Bertz CT molecular complexity index is 565. The Morgan fingerprint density at radius 2 is 1.71 bits per heavy atom. The number of hydrogen-bond donors (Lipinski definition) is 2. The number of nitrogens with two attached hydrogens (primary N) is 1. The second-order valence-corrected chi connectivity index (χ2v) is 7.39. The van der Waals surface area contributed by atoms with Gasteiger partial charge in [0.05, 0.1) is 5.54 Å². The Morgan fingerprint density at radius 3 is 2.17 bits per heavy atom. The molecule has 1 atom stereocenters. The number of likely N-dealkylation sites (N-methyl/N-ethyl adjacent to an activating group) is 1. The molecule has 2 amide bonds. The van der Waals surface area contributed by atoms with Crippen molar-refractivity contribution in [3.63, 3.8) is 0 Å². The standard InChI is InChI=1S/C18H29N3O3/c1-17(2,3)24-16(23)21(6)18(4,5)14(15(19)22)20-12-13-10-8-7-9-11-13/h7-11,14,20H,12H2,1-6H3,(H2,19,22). The largest absolute Gasteiger partial charge is 0.444 e. The summed E-state index contributed by atoms with van der Waals surface area (Å²) in [5.74, 6) is -0.522. The van der Waals surface area contributed by atoms with Gasteiger partial charge in [-0.3, -0.25) is 10.1 Å². The molecule has 1 rings (SSSR count). The molecule has 0 saturated carbocycles. The highest BCUT2D eigenvalue weighted by molar-refractivity contribution is 5.82. The van der Waals surface area contributed by atoms with Crippen LogP contribution in [0.2, 0.25) is 0 Å². The van der Waals surface area contributed by atoms with Crippen LogP contribution in [0.5, 0.6) is 0 Å². The first-order chi connectivity index (χ1) is 10.9. The molecule has 6 heteroatoms. The van der Waals surface area contributed by atoms with Gasteiger partial charge in [0.2, 0.25) is 5.91 Å². The Kier molecular flexibility index (Phi) is 6.37. The summed E-state index contributed by atoms with van der Waals surface area (Å²) in [6, 6.07) is 8.96. The third-order valence-electron chi connectivity index (χ3n) is 3.88. The average Bonchev–Trinajstić information content (AvgIpc) is 2.45. The van der Waals surface area contributed by atoms with Gasteiger partial charge in [0.1, 0.15) is 11.6 Å². The molecule has 6 nitrogen and oxygen atoms in total. The number of primary amides is 1. The number of nitrogens with one attached hydrogen (secondary N) is 1. The summed E-state index contributed by atoms with van der Waals surface area (Å²) in [7, 11) is 1.61. The van der Waals surface area contributed by atoms with E-state index in [4.69, 9.17) is 10.5 Å². The minimum atomic E-state index is -0.858. The number of amides is 2. The van der Waals surface area contributed by atoms with Crippen molar-refractivity contribution in [3.05, 3.63) is 35.9 Å². The van der Waals surface area contributed by atoms with Gasteiger partial charge >= 0.3 is 6.09 Å². The van der Waals surface area contributed by atoms with Crippen LogP contribution in [0, 0.1) is 0 Å². The molecule has 3 N–H and O–H groups in total. The van der Waals surface area contributed by atoms with Crippen molar-refractivity contribution in [1.29, 1.82) is 0 Å². The maximum atomic E-state index is 12.3. The first-order valence-corrected chi connectivity index (χ1v) is 7.98. The SMILES string of the molecule is CN(C(=O)OC(C)(C)C)C(C)(C)C(NCc1ccccc1)C(N)=O. The lowest BCUT2D eigenvalue weighted by molar-refractivity contribution is -0.123. The van der Waals surface area contributed by atoms with Gasteiger partial charge in [-0.1, -0.05) is 30.3 Å². The summed E-state index contributed by atoms with van der Waals surface area (Å²) in [6.07, 6.45) is -0.500. The fourth-order valence-electron chi connectivity index (χ4n) is 2.27. The molecule has 0 aromatic heterocycles. The summed E-state index contributed by atoms with van der Waals surface area (Å²) in [4.78, 5) is 25.7. The van der Waals surface area contributed by atoms with E-state index in [1.54, 1.807) is 41.7 Å². The zero-order valence-electron chi connectivity index (χ0n) is 15.4. The lowest BCUT2D eigenvalue weighted by Gasteiger charge is -2.41. The molecule has 134 valence electrons. The van der Waals surface area contributed by atoms with Gasteiger partial charge in [0.15, 0.2) is 0 Å². The monoisotopic (exact) mass is 335 g/mol. The van der Waals surface area contributed by atoms with Gasteiger partial charge in [0.25, 0.3) is 0 Å². The Labute approximate surface area is 144 Å². The summed E-state index contributed by atoms with van der Waals surface area (Å²) >= 11 is 0. The Balaban J connectivity index is 2.88. The van der Waals surface area contributed by atoms with Crippen molar-refractivity contribution in [2.45, 2.75) is 58.3 Å². The minimum absolute atomic E-state index is 0.472. The third-order valence-corrected chi connectivity index (χ3v) is 3.88. The van der Waals surface area contributed by atoms with Gasteiger partial charge in [0, 0.05) is 13.6 Å². The second-order valence-electron chi connectivity index (χ2n) is 7.39. The van der Waals surface area contributed by atoms with Crippen LogP contribution >= 0.6 is 0 Å². The molecule has 0 saturated heterocycles. The fourth-order valence-corrected chi connectivity index (χ4v) is 2.27. The number of hydrogen-bond acceptors (Lipinski definition) is 4. The van der Waals surface area contributed by atoms with Crippen molar-refractivity contribution in [3.8, 4) is 0 Å². The molecule has 0 fully saturated rings. The van der Waals surface area contributed by atoms with Crippen LogP contribution in [-0.2, 0) is 16.1 Å². The van der Waals surface area contributed by atoms with Crippen LogP contribution in [0.3, 0.4) is 0 Å². The van der Waals surface area contributed by atoms with Crippen LogP contribution in [0.15, 0.2) is 30.3 Å². The Hall–Kier alpha value is -2.08. The molecule has 0 heterocycles. The lowest BCUT2D eigenvalue weighted by Crippen LogP contribution is -2.63. The lowest BCUT2D eigenvalue weighted by atomic mass is 9.92. The van der Waals surface area contributed by atoms with E-state index < -0.39 is 29.2 Å². The first kappa shape index (κ1) is 20.0. The molecule has 0 radical (unpaired) electrons. The summed E-state index contributed by atoms with van der Waals surface area (Å²) in [6.45, 7) is 9.43. The van der Waals surface area contributed by atoms with Crippen LogP contribution in [0.25, 0.3) is 0 Å². The van der Waals surface area contributed by atoms with Crippen molar-refractivity contribution in [1.82, 2.24) is 10.2 Å². The predicted molar refractivity (Wildman–Crippen MR) is 94.3 cm³/mol. The van der Waals surface area contributed by atoms with E-state index >= 15 is 0 Å². The molecule has 1 aromatic carbocycles. The molecule has 1 aromatic rings. The highest BCUT2D eigenvalue weighted by atomic mass is 16.6. The van der Waals surface area contributed by atoms with Gasteiger partial charge in [-0.15, -0.1) is 0 Å². The minimum Gasteiger partial charge on any atom is -0.444 e. The van der Waals surface area contributed by atoms with E-state index in [0.717, 1.165) is 5.56 Å². The van der Waals surface area contributed by atoms with Gasteiger partial charge in [-0.2, -0.15) is 0 Å². The molecule has 0 spiro atoms. The summed E-state index contributed by atoms with van der Waals surface area (Å²) < 4.78 is 5.39. The normalized spacial score (nSPS) is 13.2. The van der Waals surface area contributed by atoms with E-state index in [1.165, 1.54) is 4.90 Å². The quantitative estimate of drug-likeness (QED) is 0.835. The number of carbonyl (C=O) groups is 2. The number of carbonyl (C=O) groups excluding carboxylic acids is 2. The first-order valence-electron chi connectivity index (χ1n) is 7.98. The van der Waals surface area contributed by atoms with E-state index in [9.17, 15) is 9.59 Å². The molecule has 24 heavy (non-hydrogen) atoms. The zero-order chi connectivity index (χ0) is 18.5. The van der Waals surface area contributed by atoms with Crippen molar-refractivity contribution >= 4 is 12.0 Å². The van der Waals surface area contributed by atoms with Crippen LogP contribution in [0.1, 0.15) is 40.2 Å². The molecule has 0 aliphatic carbocycles. The molecule has 0 aliphatic heterocycles. The predicted octanol–water partition coefficient (Wildman–Crippen LogP) is 2.28. The van der Waals surface area contributed by atoms with E-state index in [0.29, 0.717) is 6.54 Å². The van der Waals surface area contributed by atoms with Crippen molar-refractivity contribution in [2.75, 3.05) is 7.05 Å². The molecular formula is C18H29N3O3. The Morgan fingerprint density at radius 1 is 1.17 bits per heavy atom. The fraction of sp³-hybridized carbons (Fsp3) is 0.556.